The molecule has 2 aromatic carbocycles. The van der Waals surface area contributed by atoms with Gasteiger partial charge in [-0.25, -0.2) is 0 Å². The molecule has 3 aromatic rings. The van der Waals surface area contributed by atoms with E-state index in [2.05, 4.69) is 30.2 Å². The molecule has 1 aliphatic heterocycles. The Hall–Kier alpha value is -3.13. The van der Waals surface area contributed by atoms with Crippen LogP contribution in [0.25, 0.3) is 22.9 Å². The highest BCUT2D eigenvalue weighted by molar-refractivity contribution is 6.18. The molecule has 0 amide bonds. The summed E-state index contributed by atoms with van der Waals surface area (Å²) in [4.78, 5) is 13.1. The quantitative estimate of drug-likeness (QED) is 0.477. The fourth-order valence-corrected chi connectivity index (χ4v) is 3.48. The van der Waals surface area contributed by atoms with Gasteiger partial charge in [0.05, 0.1) is 5.69 Å². The number of rotatable bonds is 3. The molecule has 116 valence electrons. The second-order valence-electron chi connectivity index (χ2n) is 5.87. The Labute approximate surface area is 141 Å². The molecular weight excluding hydrogens is 294 g/mol. The number of fused-ring (bicyclic) bond motifs is 3. The lowest BCUT2D eigenvalue weighted by Gasteiger charge is -2.05. The molecule has 0 radical (unpaired) electrons. The lowest BCUT2D eigenvalue weighted by Crippen LogP contribution is -1.98. The predicted molar refractivity (Wildman–Crippen MR) is 98.6 cm³/mol. The van der Waals surface area contributed by atoms with E-state index in [-0.39, 0.29) is 5.78 Å². The summed E-state index contributed by atoms with van der Waals surface area (Å²) < 4.78 is 2.09. The monoisotopic (exact) mass is 311 g/mol. The van der Waals surface area contributed by atoms with E-state index in [0.29, 0.717) is 0 Å². The summed E-state index contributed by atoms with van der Waals surface area (Å²) in [7, 11) is 0. The van der Waals surface area contributed by atoms with Gasteiger partial charge in [-0.1, -0.05) is 67.3 Å². The van der Waals surface area contributed by atoms with Crippen LogP contribution < -0.4 is 0 Å². The Kier molecular flexibility index (Phi) is 3.31. The molecule has 4 rings (SSSR count). The van der Waals surface area contributed by atoms with Gasteiger partial charge in [-0.3, -0.25) is 4.79 Å². The normalized spacial score (nSPS) is 12.5. The summed E-state index contributed by atoms with van der Waals surface area (Å²) in [6, 6.07) is 17.9. The Morgan fingerprint density at radius 2 is 1.71 bits per heavy atom. The van der Waals surface area contributed by atoms with Crippen LogP contribution in [-0.4, -0.2) is 10.4 Å². The Morgan fingerprint density at radius 1 is 1.00 bits per heavy atom. The van der Waals surface area contributed by atoms with Crippen molar-refractivity contribution in [2.45, 2.75) is 6.92 Å². The maximum atomic E-state index is 13.1. The summed E-state index contributed by atoms with van der Waals surface area (Å²) in [5.74, 6) is 0.0887. The van der Waals surface area contributed by atoms with Crippen molar-refractivity contribution in [3.8, 4) is 16.8 Å². The van der Waals surface area contributed by atoms with Crippen LogP contribution in [-0.2, 0) is 0 Å². The molecule has 0 saturated heterocycles. The summed E-state index contributed by atoms with van der Waals surface area (Å²) in [5.41, 5.74) is 6.67. The minimum absolute atomic E-state index is 0.0887. The highest BCUT2D eigenvalue weighted by atomic mass is 16.1. The fourth-order valence-electron chi connectivity index (χ4n) is 3.48. The zero-order valence-electron chi connectivity index (χ0n) is 13.5. The number of hydrogen-bond donors (Lipinski definition) is 0. The summed E-state index contributed by atoms with van der Waals surface area (Å²) >= 11 is 0. The number of benzene rings is 2. The summed E-state index contributed by atoms with van der Waals surface area (Å²) in [6.07, 6.45) is 5.71. The molecule has 0 spiro atoms. The maximum absolute atomic E-state index is 13.1. The van der Waals surface area contributed by atoms with Gasteiger partial charge in [-0.2, -0.15) is 0 Å². The molecule has 2 nitrogen and oxygen atoms in total. The van der Waals surface area contributed by atoms with Crippen LogP contribution in [0.1, 0.15) is 27.3 Å². The van der Waals surface area contributed by atoms with Crippen molar-refractivity contribution in [3.63, 3.8) is 0 Å². The molecule has 0 bridgehead atoms. The van der Waals surface area contributed by atoms with E-state index in [4.69, 9.17) is 0 Å². The minimum atomic E-state index is 0.0887. The van der Waals surface area contributed by atoms with Crippen LogP contribution in [0.5, 0.6) is 0 Å². The maximum Gasteiger partial charge on any atom is 0.212 e. The first kappa shape index (κ1) is 14.5. The molecule has 1 aliphatic rings. The minimum Gasteiger partial charge on any atom is -0.309 e. The zero-order valence-corrected chi connectivity index (χ0v) is 13.5. The second kappa shape index (κ2) is 5.50. The van der Waals surface area contributed by atoms with Crippen molar-refractivity contribution >= 4 is 11.9 Å². The van der Waals surface area contributed by atoms with E-state index in [0.717, 1.165) is 39.3 Å². The van der Waals surface area contributed by atoms with Gasteiger partial charge in [0.15, 0.2) is 0 Å². The first-order valence-electron chi connectivity index (χ1n) is 7.98. The van der Waals surface area contributed by atoms with Gasteiger partial charge in [0, 0.05) is 22.4 Å². The van der Waals surface area contributed by atoms with E-state index in [1.54, 1.807) is 6.08 Å². The Morgan fingerprint density at radius 3 is 2.46 bits per heavy atom. The van der Waals surface area contributed by atoms with Crippen molar-refractivity contribution in [2.75, 3.05) is 0 Å². The molecule has 0 fully saturated rings. The molecule has 0 aliphatic carbocycles. The molecule has 0 atom stereocenters. The lowest BCUT2D eigenvalue weighted by atomic mass is 9.96. The second-order valence-corrected chi connectivity index (χ2v) is 5.87. The van der Waals surface area contributed by atoms with Crippen molar-refractivity contribution in [3.05, 3.63) is 95.8 Å². The van der Waals surface area contributed by atoms with Gasteiger partial charge in [0.2, 0.25) is 5.78 Å². The van der Waals surface area contributed by atoms with E-state index in [9.17, 15) is 4.79 Å². The van der Waals surface area contributed by atoms with Gasteiger partial charge in [0.1, 0.15) is 5.69 Å². The highest BCUT2D eigenvalue weighted by Crippen LogP contribution is 2.41. The third-order valence-corrected chi connectivity index (χ3v) is 4.52. The summed E-state index contributed by atoms with van der Waals surface area (Å²) in [6.45, 7) is 5.83. The largest absolute Gasteiger partial charge is 0.309 e. The molecule has 2 heteroatoms. The average Bonchev–Trinajstić information content (AvgIpc) is 3.08. The van der Waals surface area contributed by atoms with Crippen LogP contribution in [0.2, 0.25) is 0 Å². The molecule has 0 N–H and O–H groups in total. The van der Waals surface area contributed by atoms with Crippen molar-refractivity contribution < 1.29 is 4.79 Å². The van der Waals surface area contributed by atoms with Gasteiger partial charge >= 0.3 is 0 Å². The number of aromatic nitrogens is 1. The predicted octanol–water partition coefficient (Wildman–Crippen LogP) is 5.20. The van der Waals surface area contributed by atoms with Crippen LogP contribution in [0, 0.1) is 6.92 Å². The summed E-state index contributed by atoms with van der Waals surface area (Å²) in [5, 5.41) is 0. The Balaban J connectivity index is 2.10. The van der Waals surface area contributed by atoms with Crippen molar-refractivity contribution in [2.24, 2.45) is 0 Å². The van der Waals surface area contributed by atoms with Crippen LogP contribution >= 0.6 is 0 Å². The molecule has 0 unspecified atom stereocenters. The number of para-hydroxylation sites is 1. The van der Waals surface area contributed by atoms with E-state index in [1.807, 2.05) is 54.6 Å². The molecular formula is C22H17NO. The highest BCUT2D eigenvalue weighted by Gasteiger charge is 2.33. The molecule has 0 saturated carbocycles. The third-order valence-electron chi connectivity index (χ3n) is 4.52. The number of carbonyl (C=O) groups is 1. The lowest BCUT2D eigenvalue weighted by molar-refractivity contribution is 0.104. The first-order chi connectivity index (χ1) is 11.7. The molecule has 1 aromatic heterocycles. The number of allylic oxidation sites excluding steroid dienone is 2. The first-order valence-corrected chi connectivity index (χ1v) is 7.98. The topological polar surface area (TPSA) is 22.0 Å². The van der Waals surface area contributed by atoms with Gasteiger partial charge in [0.25, 0.3) is 0 Å². The van der Waals surface area contributed by atoms with E-state index < -0.39 is 0 Å². The van der Waals surface area contributed by atoms with Gasteiger partial charge in [-0.05, 0) is 24.6 Å². The zero-order chi connectivity index (χ0) is 16.7. The van der Waals surface area contributed by atoms with E-state index >= 15 is 0 Å². The molecule has 24 heavy (non-hydrogen) atoms. The van der Waals surface area contributed by atoms with Crippen molar-refractivity contribution in [1.29, 1.82) is 0 Å². The average molecular weight is 311 g/mol. The fraction of sp³-hybridized carbons (Fsp3) is 0.0455. The Bertz CT molecular complexity index is 990. The van der Waals surface area contributed by atoms with Crippen LogP contribution in [0.15, 0.2) is 73.3 Å². The van der Waals surface area contributed by atoms with Gasteiger partial charge in [-0.15, -0.1) is 0 Å². The van der Waals surface area contributed by atoms with E-state index in [1.165, 1.54) is 0 Å². The van der Waals surface area contributed by atoms with Crippen LogP contribution in [0.4, 0.5) is 0 Å². The van der Waals surface area contributed by atoms with Crippen molar-refractivity contribution in [1.82, 2.24) is 4.57 Å². The number of carbonyl (C=O) groups excluding carboxylic acids is 1. The number of hydrogen-bond acceptors (Lipinski definition) is 1. The van der Waals surface area contributed by atoms with Crippen LogP contribution in [0.3, 0.4) is 0 Å². The van der Waals surface area contributed by atoms with Gasteiger partial charge < -0.3 is 4.57 Å². The SMILES string of the molecule is C=CC=Cc1c(-c2ccccc2)c2n(c1C)-c1ccccc1C2=O. The standard InChI is InChI=1S/C22H17NO/c1-3-4-12-17-15(2)23-19-14-9-8-13-18(19)22(24)21(23)20(17)16-10-6-5-7-11-16/h3-14H,1H2,2H3. The molecule has 2 heterocycles. The third kappa shape index (κ3) is 1.93. The number of nitrogens with zero attached hydrogens (tertiary/aromatic N) is 1. The number of ketones is 1. The smallest absolute Gasteiger partial charge is 0.212 e.